The Morgan fingerprint density at radius 1 is 1.38 bits per heavy atom. The average molecular weight is 325 g/mol. The lowest BCUT2D eigenvalue weighted by Gasteiger charge is -2.11. The Bertz CT molecular complexity index is 944. The molecule has 3 aromatic rings. The summed E-state index contributed by atoms with van der Waals surface area (Å²) in [4.78, 5) is 20.1. The Morgan fingerprint density at radius 2 is 2.17 bits per heavy atom. The number of pyridine rings is 2. The van der Waals surface area contributed by atoms with Crippen LogP contribution in [0.3, 0.4) is 0 Å². The highest BCUT2D eigenvalue weighted by Crippen LogP contribution is 2.47. The van der Waals surface area contributed by atoms with Crippen LogP contribution in [-0.4, -0.2) is 31.4 Å². The molecule has 8 nitrogen and oxygen atoms in total. The normalized spacial score (nSPS) is 15.5. The van der Waals surface area contributed by atoms with Gasteiger partial charge in [-0.05, 0) is 41.7 Å². The predicted molar refractivity (Wildman–Crippen MR) is 84.3 cm³/mol. The maximum absolute atomic E-state index is 11.4. The van der Waals surface area contributed by atoms with E-state index in [-0.39, 0.29) is 0 Å². The first kappa shape index (κ1) is 14.6. The number of carboxylic acids is 1. The number of aryl methyl sites for hydroxylation is 1. The van der Waals surface area contributed by atoms with E-state index in [1.165, 1.54) is 0 Å². The summed E-state index contributed by atoms with van der Waals surface area (Å²) in [5, 5.41) is 16.8. The van der Waals surface area contributed by atoms with Crippen LogP contribution in [0, 0.1) is 6.92 Å². The zero-order valence-electron chi connectivity index (χ0n) is 13.0. The van der Waals surface area contributed by atoms with E-state index >= 15 is 0 Å². The number of aromatic nitrogens is 4. The number of nitrogens with zero attached hydrogens (tertiary/aromatic N) is 4. The SMILES string of the molecule is Cc1nc2nonc2c(N)c1Cc1ccc(C2(C(=O)O)CC2)nc1. The number of carboxylic acid groups (broad SMARTS) is 1. The summed E-state index contributed by atoms with van der Waals surface area (Å²) in [6, 6.07) is 3.67. The standard InChI is InChI=1S/C16H15N5O3/c1-8-10(12(17)13-14(19-8)21-24-20-13)6-9-2-3-11(18-7-9)16(4-5-16)15(22)23/h2-3,7H,4-6,17H2,1H3,(H,22,23). The van der Waals surface area contributed by atoms with E-state index in [2.05, 4.69) is 24.9 Å². The van der Waals surface area contributed by atoms with Gasteiger partial charge in [-0.25, -0.2) is 9.61 Å². The van der Waals surface area contributed by atoms with Crippen molar-refractivity contribution in [2.45, 2.75) is 31.6 Å². The van der Waals surface area contributed by atoms with Gasteiger partial charge >= 0.3 is 5.97 Å². The first-order valence-corrected chi connectivity index (χ1v) is 7.57. The summed E-state index contributed by atoms with van der Waals surface area (Å²) in [6.45, 7) is 1.85. The molecule has 0 atom stereocenters. The highest BCUT2D eigenvalue weighted by atomic mass is 16.6. The molecular weight excluding hydrogens is 310 g/mol. The van der Waals surface area contributed by atoms with Crippen molar-refractivity contribution in [1.82, 2.24) is 20.3 Å². The molecule has 1 fully saturated rings. The monoisotopic (exact) mass is 325 g/mol. The molecule has 4 rings (SSSR count). The number of aliphatic carboxylic acids is 1. The summed E-state index contributed by atoms with van der Waals surface area (Å²) >= 11 is 0. The quantitative estimate of drug-likeness (QED) is 0.740. The molecular formula is C16H15N5O3. The lowest BCUT2D eigenvalue weighted by Crippen LogP contribution is -2.20. The first-order valence-electron chi connectivity index (χ1n) is 7.57. The van der Waals surface area contributed by atoms with E-state index in [0.29, 0.717) is 41.8 Å². The Labute approximate surface area is 136 Å². The lowest BCUT2D eigenvalue weighted by atomic mass is 9.99. The van der Waals surface area contributed by atoms with Crippen LogP contribution in [0.25, 0.3) is 11.2 Å². The fourth-order valence-corrected chi connectivity index (χ4v) is 2.94. The second-order valence-electron chi connectivity index (χ2n) is 6.14. The molecule has 0 saturated heterocycles. The van der Waals surface area contributed by atoms with Crippen LogP contribution >= 0.6 is 0 Å². The topological polar surface area (TPSA) is 128 Å². The van der Waals surface area contributed by atoms with Gasteiger partial charge in [0.15, 0.2) is 5.52 Å². The van der Waals surface area contributed by atoms with Crippen molar-refractivity contribution in [2.75, 3.05) is 5.73 Å². The fourth-order valence-electron chi connectivity index (χ4n) is 2.94. The highest BCUT2D eigenvalue weighted by Gasteiger charge is 2.53. The lowest BCUT2D eigenvalue weighted by molar-refractivity contribution is -0.140. The number of nitrogens with two attached hydrogens (primary N) is 1. The number of carbonyl (C=O) groups is 1. The number of rotatable bonds is 4. The van der Waals surface area contributed by atoms with Crippen LogP contribution in [0.15, 0.2) is 23.0 Å². The van der Waals surface area contributed by atoms with Gasteiger partial charge in [-0.3, -0.25) is 9.78 Å². The Hall–Kier alpha value is -3.03. The van der Waals surface area contributed by atoms with Crippen LogP contribution < -0.4 is 5.73 Å². The van der Waals surface area contributed by atoms with E-state index in [1.54, 1.807) is 12.3 Å². The molecule has 3 N–H and O–H groups in total. The van der Waals surface area contributed by atoms with Crippen LogP contribution in [0.2, 0.25) is 0 Å². The number of hydrogen-bond acceptors (Lipinski definition) is 7. The minimum atomic E-state index is -0.809. The second kappa shape index (κ2) is 4.98. The van der Waals surface area contributed by atoms with Gasteiger partial charge in [0.05, 0.1) is 11.4 Å². The van der Waals surface area contributed by atoms with Gasteiger partial charge in [0.2, 0.25) is 5.65 Å². The van der Waals surface area contributed by atoms with Crippen molar-refractivity contribution in [3.8, 4) is 0 Å². The van der Waals surface area contributed by atoms with Gasteiger partial charge in [0, 0.05) is 23.9 Å². The fraction of sp³-hybridized carbons (Fsp3) is 0.312. The molecule has 24 heavy (non-hydrogen) atoms. The molecule has 3 aromatic heterocycles. The highest BCUT2D eigenvalue weighted by molar-refractivity contribution is 5.85. The summed E-state index contributed by atoms with van der Waals surface area (Å²) < 4.78 is 4.68. The van der Waals surface area contributed by atoms with Gasteiger partial charge in [0.1, 0.15) is 5.41 Å². The zero-order chi connectivity index (χ0) is 16.9. The van der Waals surface area contributed by atoms with Crippen LogP contribution in [0.1, 0.15) is 35.4 Å². The van der Waals surface area contributed by atoms with E-state index < -0.39 is 11.4 Å². The van der Waals surface area contributed by atoms with E-state index in [0.717, 1.165) is 16.8 Å². The van der Waals surface area contributed by atoms with Crippen molar-refractivity contribution in [2.24, 2.45) is 0 Å². The number of nitrogen functional groups attached to an aromatic ring is 1. The van der Waals surface area contributed by atoms with Crippen LogP contribution in [0.5, 0.6) is 0 Å². The third-order valence-electron chi connectivity index (χ3n) is 4.62. The van der Waals surface area contributed by atoms with Gasteiger partial charge < -0.3 is 10.8 Å². The molecule has 0 amide bonds. The molecule has 0 bridgehead atoms. The van der Waals surface area contributed by atoms with E-state index in [9.17, 15) is 9.90 Å². The number of fused-ring (bicyclic) bond motifs is 1. The van der Waals surface area contributed by atoms with Gasteiger partial charge in [-0.1, -0.05) is 6.07 Å². The number of anilines is 1. The molecule has 1 saturated carbocycles. The molecule has 0 unspecified atom stereocenters. The Kier molecular flexibility index (Phi) is 3.02. The van der Waals surface area contributed by atoms with Crippen molar-refractivity contribution in [3.63, 3.8) is 0 Å². The van der Waals surface area contributed by atoms with Crippen molar-refractivity contribution in [1.29, 1.82) is 0 Å². The minimum Gasteiger partial charge on any atom is -0.481 e. The van der Waals surface area contributed by atoms with Gasteiger partial charge in [-0.2, -0.15) is 0 Å². The molecule has 1 aliphatic carbocycles. The van der Waals surface area contributed by atoms with Crippen LogP contribution in [-0.2, 0) is 16.6 Å². The van der Waals surface area contributed by atoms with Gasteiger partial charge in [0.25, 0.3) is 0 Å². The molecule has 0 radical (unpaired) electrons. The summed E-state index contributed by atoms with van der Waals surface area (Å²) in [6.07, 6.45) is 3.50. The van der Waals surface area contributed by atoms with Gasteiger partial charge in [-0.15, -0.1) is 0 Å². The molecule has 0 aromatic carbocycles. The molecule has 0 spiro atoms. The maximum Gasteiger partial charge on any atom is 0.315 e. The van der Waals surface area contributed by atoms with Crippen molar-refractivity contribution >= 4 is 22.8 Å². The zero-order valence-corrected chi connectivity index (χ0v) is 13.0. The Morgan fingerprint density at radius 3 is 2.79 bits per heavy atom. The minimum absolute atomic E-state index is 0.388. The maximum atomic E-state index is 11.4. The number of hydrogen-bond donors (Lipinski definition) is 2. The second-order valence-corrected chi connectivity index (χ2v) is 6.14. The molecule has 122 valence electrons. The first-order chi connectivity index (χ1) is 11.5. The third-order valence-corrected chi connectivity index (χ3v) is 4.62. The van der Waals surface area contributed by atoms with E-state index in [1.807, 2.05) is 13.0 Å². The molecule has 8 heteroatoms. The smallest absolute Gasteiger partial charge is 0.315 e. The molecule has 1 aliphatic rings. The predicted octanol–water partition coefficient (Wildman–Crippen LogP) is 1.61. The summed E-state index contributed by atoms with van der Waals surface area (Å²) in [7, 11) is 0. The largest absolute Gasteiger partial charge is 0.481 e. The summed E-state index contributed by atoms with van der Waals surface area (Å²) in [5.41, 5.74) is 9.82. The summed E-state index contributed by atoms with van der Waals surface area (Å²) in [5.74, 6) is -0.809. The molecule has 3 heterocycles. The third kappa shape index (κ3) is 2.10. The molecule has 0 aliphatic heterocycles. The Balaban J connectivity index is 1.65. The van der Waals surface area contributed by atoms with Crippen LogP contribution in [0.4, 0.5) is 5.69 Å². The van der Waals surface area contributed by atoms with Crippen molar-refractivity contribution < 1.29 is 14.5 Å². The average Bonchev–Trinajstić information content (AvgIpc) is 3.25. The van der Waals surface area contributed by atoms with E-state index in [4.69, 9.17) is 5.73 Å². The van der Waals surface area contributed by atoms with Crippen molar-refractivity contribution in [3.05, 3.63) is 40.8 Å².